The van der Waals surface area contributed by atoms with Gasteiger partial charge in [0.05, 0.1) is 16.1 Å². The molecule has 0 aliphatic rings. The molecule has 0 bridgehead atoms. The number of benzene rings is 1. The lowest BCUT2D eigenvalue weighted by atomic mass is 10.2. The number of halogens is 1. The molecule has 0 saturated carbocycles. The Balaban J connectivity index is 1.57. The van der Waals surface area contributed by atoms with Gasteiger partial charge in [0, 0.05) is 17.0 Å². The molecule has 0 aliphatic heterocycles. The second-order valence-electron chi connectivity index (χ2n) is 5.24. The molecule has 130 valence electrons. The van der Waals surface area contributed by atoms with E-state index in [1.807, 2.05) is 54.3 Å². The number of hydrogen-bond donors (Lipinski definition) is 1. The molecule has 3 rings (SSSR count). The van der Waals surface area contributed by atoms with E-state index in [4.69, 9.17) is 0 Å². The van der Waals surface area contributed by atoms with Gasteiger partial charge < -0.3 is 4.90 Å². The zero-order chi connectivity index (χ0) is 17.6. The van der Waals surface area contributed by atoms with Crippen LogP contribution in [0.15, 0.2) is 51.4 Å². The zero-order valence-corrected chi connectivity index (χ0v) is 16.8. The first-order valence-corrected chi connectivity index (χ1v) is 10.4. The van der Waals surface area contributed by atoms with Gasteiger partial charge in [-0.3, -0.25) is 9.89 Å². The highest BCUT2D eigenvalue weighted by Gasteiger charge is 2.15. The monoisotopic (exact) mass is 436 g/mol. The van der Waals surface area contributed by atoms with E-state index < -0.39 is 0 Å². The number of thioether (sulfide) groups is 1. The maximum atomic E-state index is 12.5. The number of thiophene rings is 1. The molecule has 0 unspecified atom stereocenters. The van der Waals surface area contributed by atoms with Crippen molar-refractivity contribution in [3.05, 3.63) is 51.1 Å². The molecule has 1 aromatic carbocycles. The molecule has 0 atom stereocenters. The van der Waals surface area contributed by atoms with Gasteiger partial charge in [0.15, 0.2) is 5.82 Å². The molecule has 0 spiro atoms. The predicted octanol–water partition coefficient (Wildman–Crippen LogP) is 4.44. The number of H-pyrrole nitrogens is 1. The van der Waals surface area contributed by atoms with E-state index in [1.165, 1.54) is 11.8 Å². The molecule has 2 heterocycles. The number of aromatic nitrogens is 3. The Hall–Kier alpha value is -1.64. The lowest BCUT2D eigenvalue weighted by Crippen LogP contribution is -2.31. The van der Waals surface area contributed by atoms with Crippen molar-refractivity contribution < 1.29 is 4.79 Å². The van der Waals surface area contributed by atoms with Gasteiger partial charge in [-0.2, -0.15) is 0 Å². The standard InChI is InChI=1S/C17H17BrN4OS2/c1-2-22(10-13-8-9-14(18)25-13)15(23)11-24-17-19-16(20-21-17)12-6-4-3-5-7-12/h3-9H,2,10-11H2,1H3,(H,19,20,21). The number of nitrogens with one attached hydrogen (secondary N) is 1. The molecule has 0 radical (unpaired) electrons. The molecule has 0 saturated heterocycles. The van der Waals surface area contributed by atoms with E-state index >= 15 is 0 Å². The molecular weight excluding hydrogens is 420 g/mol. The fourth-order valence-electron chi connectivity index (χ4n) is 2.25. The third-order valence-electron chi connectivity index (χ3n) is 3.55. The molecule has 0 fully saturated rings. The van der Waals surface area contributed by atoms with E-state index in [9.17, 15) is 4.79 Å². The number of amides is 1. The van der Waals surface area contributed by atoms with Crippen molar-refractivity contribution in [3.63, 3.8) is 0 Å². The normalized spacial score (nSPS) is 10.8. The van der Waals surface area contributed by atoms with Gasteiger partial charge in [-0.25, -0.2) is 4.98 Å². The van der Waals surface area contributed by atoms with Crippen LogP contribution in [0.5, 0.6) is 0 Å². The van der Waals surface area contributed by atoms with Gasteiger partial charge in [-0.1, -0.05) is 42.1 Å². The second-order valence-corrected chi connectivity index (χ2v) is 8.73. The lowest BCUT2D eigenvalue weighted by molar-refractivity contribution is -0.128. The van der Waals surface area contributed by atoms with Crippen LogP contribution < -0.4 is 0 Å². The number of hydrogen-bond acceptors (Lipinski definition) is 5. The number of aromatic amines is 1. The van der Waals surface area contributed by atoms with Crippen LogP contribution in [0, 0.1) is 0 Å². The van der Waals surface area contributed by atoms with Gasteiger partial charge in [-0.15, -0.1) is 16.4 Å². The van der Waals surface area contributed by atoms with E-state index in [0.717, 1.165) is 14.2 Å². The average Bonchev–Trinajstić information content (AvgIpc) is 3.27. The van der Waals surface area contributed by atoms with Crippen LogP contribution in [0.25, 0.3) is 11.4 Å². The van der Waals surface area contributed by atoms with E-state index in [2.05, 4.69) is 31.1 Å². The maximum absolute atomic E-state index is 12.5. The summed E-state index contributed by atoms with van der Waals surface area (Å²) >= 11 is 6.46. The summed E-state index contributed by atoms with van der Waals surface area (Å²) in [4.78, 5) is 19.9. The highest BCUT2D eigenvalue weighted by Crippen LogP contribution is 2.24. The summed E-state index contributed by atoms with van der Waals surface area (Å²) in [7, 11) is 0. The quantitative estimate of drug-likeness (QED) is 0.556. The molecule has 3 aromatic rings. The summed E-state index contributed by atoms with van der Waals surface area (Å²) in [5, 5.41) is 7.70. The molecule has 2 aromatic heterocycles. The fourth-order valence-corrected chi connectivity index (χ4v) is 4.45. The smallest absolute Gasteiger partial charge is 0.233 e. The summed E-state index contributed by atoms with van der Waals surface area (Å²) in [6.45, 7) is 3.30. The third-order valence-corrected chi connectivity index (χ3v) is 5.99. The van der Waals surface area contributed by atoms with Gasteiger partial charge in [0.1, 0.15) is 0 Å². The Bertz CT molecular complexity index is 834. The first-order valence-electron chi connectivity index (χ1n) is 7.78. The van der Waals surface area contributed by atoms with Crippen LogP contribution in [0.3, 0.4) is 0 Å². The van der Waals surface area contributed by atoms with Gasteiger partial charge >= 0.3 is 0 Å². The molecule has 1 amide bonds. The Labute approximate surface area is 163 Å². The summed E-state index contributed by atoms with van der Waals surface area (Å²) < 4.78 is 1.08. The summed E-state index contributed by atoms with van der Waals surface area (Å²) in [6, 6.07) is 13.9. The van der Waals surface area contributed by atoms with E-state index in [1.54, 1.807) is 11.3 Å². The minimum Gasteiger partial charge on any atom is -0.337 e. The maximum Gasteiger partial charge on any atom is 0.233 e. The molecule has 8 heteroatoms. The van der Waals surface area contributed by atoms with Crippen molar-refractivity contribution in [1.29, 1.82) is 0 Å². The van der Waals surface area contributed by atoms with Crippen molar-refractivity contribution in [2.45, 2.75) is 18.6 Å². The van der Waals surface area contributed by atoms with Crippen molar-refractivity contribution in [2.75, 3.05) is 12.3 Å². The molecule has 0 aliphatic carbocycles. The molecule has 25 heavy (non-hydrogen) atoms. The third kappa shape index (κ3) is 4.93. The van der Waals surface area contributed by atoms with Crippen LogP contribution in [0.4, 0.5) is 0 Å². The van der Waals surface area contributed by atoms with E-state index in [-0.39, 0.29) is 5.91 Å². The van der Waals surface area contributed by atoms with Crippen LogP contribution in [-0.2, 0) is 11.3 Å². The number of carbonyl (C=O) groups is 1. The number of carbonyl (C=O) groups excluding carboxylic acids is 1. The van der Waals surface area contributed by atoms with Crippen LogP contribution in [0.1, 0.15) is 11.8 Å². The minimum atomic E-state index is 0.0862. The van der Waals surface area contributed by atoms with Gasteiger partial charge in [0.25, 0.3) is 0 Å². The Morgan fingerprint density at radius 1 is 1.28 bits per heavy atom. The van der Waals surface area contributed by atoms with Gasteiger partial charge in [-0.05, 0) is 35.0 Å². The number of rotatable bonds is 7. The first-order chi connectivity index (χ1) is 12.2. The Morgan fingerprint density at radius 2 is 2.08 bits per heavy atom. The molecular formula is C17H17BrN4OS2. The zero-order valence-electron chi connectivity index (χ0n) is 13.6. The van der Waals surface area contributed by atoms with Crippen molar-refractivity contribution >= 4 is 44.9 Å². The summed E-state index contributed by atoms with van der Waals surface area (Å²) in [5.41, 5.74) is 0.978. The Morgan fingerprint density at radius 3 is 2.76 bits per heavy atom. The molecule has 1 N–H and O–H groups in total. The first kappa shape index (κ1) is 18.2. The highest BCUT2D eigenvalue weighted by atomic mass is 79.9. The average molecular weight is 437 g/mol. The predicted molar refractivity (Wildman–Crippen MR) is 106 cm³/mol. The summed E-state index contributed by atoms with van der Waals surface area (Å²) in [6.07, 6.45) is 0. The SMILES string of the molecule is CCN(Cc1ccc(Br)s1)C(=O)CSc1n[nH]c(-c2ccccc2)n1. The van der Waals surface area contributed by atoms with E-state index in [0.29, 0.717) is 29.8 Å². The van der Waals surface area contributed by atoms with Crippen molar-refractivity contribution in [3.8, 4) is 11.4 Å². The largest absolute Gasteiger partial charge is 0.337 e. The lowest BCUT2D eigenvalue weighted by Gasteiger charge is -2.19. The minimum absolute atomic E-state index is 0.0862. The Kier molecular flexibility index (Phi) is 6.28. The topological polar surface area (TPSA) is 61.9 Å². The second kappa shape index (κ2) is 8.64. The molecule has 5 nitrogen and oxygen atoms in total. The van der Waals surface area contributed by atoms with Crippen molar-refractivity contribution in [2.24, 2.45) is 0 Å². The number of nitrogens with zero attached hydrogens (tertiary/aromatic N) is 3. The van der Waals surface area contributed by atoms with Crippen LogP contribution >= 0.6 is 39.0 Å². The van der Waals surface area contributed by atoms with Gasteiger partial charge in [0.2, 0.25) is 11.1 Å². The summed E-state index contributed by atoms with van der Waals surface area (Å²) in [5.74, 6) is 1.13. The fraction of sp³-hybridized carbons (Fsp3) is 0.235. The van der Waals surface area contributed by atoms with Crippen LogP contribution in [0.2, 0.25) is 0 Å². The van der Waals surface area contributed by atoms with Crippen molar-refractivity contribution in [1.82, 2.24) is 20.1 Å². The van der Waals surface area contributed by atoms with Crippen LogP contribution in [-0.4, -0.2) is 38.3 Å². The highest BCUT2D eigenvalue weighted by molar-refractivity contribution is 9.11.